The number of aromatic nitrogens is 4. The van der Waals surface area contributed by atoms with E-state index < -0.39 is 61.0 Å². The average Bonchev–Trinajstić information content (AvgIpc) is 3.96. The van der Waals surface area contributed by atoms with Gasteiger partial charge in [0.15, 0.2) is 29.1 Å². The fourth-order valence-corrected chi connectivity index (χ4v) is 8.27. The minimum Gasteiger partial charge on any atom is -0.374 e. The van der Waals surface area contributed by atoms with E-state index in [0.29, 0.717) is 31.0 Å². The van der Waals surface area contributed by atoms with Gasteiger partial charge in [-0.15, -0.1) is 0 Å². The lowest BCUT2D eigenvalue weighted by atomic mass is 9.97. The average molecular weight is 849 g/mol. The number of benzene rings is 4. The van der Waals surface area contributed by atoms with E-state index in [4.69, 9.17) is 54.2 Å². The first-order chi connectivity index (χ1) is 29.9. The van der Waals surface area contributed by atoms with Crippen LogP contribution in [-0.2, 0) is 69.1 Å². The van der Waals surface area contributed by atoms with Crippen molar-refractivity contribution in [1.29, 1.82) is 0 Å². The molecule has 0 spiro atoms. The Balaban J connectivity index is 1.02. The van der Waals surface area contributed by atoms with Crippen molar-refractivity contribution in [3.05, 3.63) is 161 Å². The molecule has 13 nitrogen and oxygen atoms in total. The van der Waals surface area contributed by atoms with E-state index in [-0.39, 0.29) is 25.0 Å². The van der Waals surface area contributed by atoms with Gasteiger partial charge in [-0.2, -0.15) is 0 Å². The van der Waals surface area contributed by atoms with Crippen molar-refractivity contribution in [2.75, 3.05) is 13.2 Å². The second-order valence-corrected chi connectivity index (χ2v) is 16.1. The van der Waals surface area contributed by atoms with Crippen LogP contribution in [0.5, 0.6) is 0 Å². The molecular formula is C47H49ClN4O9. The fraction of sp³-hybridized carbons (Fsp3) is 0.383. The van der Waals surface area contributed by atoms with Crippen molar-refractivity contribution in [2.45, 2.75) is 101 Å². The van der Waals surface area contributed by atoms with E-state index >= 15 is 0 Å². The minimum atomic E-state index is -0.941. The highest BCUT2D eigenvalue weighted by Gasteiger charge is 2.57. The maximum absolute atomic E-state index is 6.94. The summed E-state index contributed by atoms with van der Waals surface area (Å²) in [4.78, 5) is 13.0. The maximum Gasteiger partial charge on any atom is 0.187 e. The summed E-state index contributed by atoms with van der Waals surface area (Å²) in [5, 5.41) is 0.246. The predicted molar refractivity (Wildman–Crippen MR) is 224 cm³/mol. The second kappa shape index (κ2) is 19.2. The van der Waals surface area contributed by atoms with Gasteiger partial charge in [-0.25, -0.2) is 15.0 Å². The highest BCUT2D eigenvalue weighted by Crippen LogP contribution is 2.44. The molecule has 5 heterocycles. The molecule has 4 aromatic carbocycles. The standard InChI is InChI=1S/C47H49ClN4O9/c1-47(2)60-39-36(58-45(41(39)61-47)52-30-51-37-43(48)49-29-50-44(37)52)28-57-46-42(56-26-34-21-13-6-14-22-34)40(55-25-33-19-11-5-12-20-33)38(54-24-32-17-9-4-10-18-32)35(59-46)27-53-23-31-15-7-3-8-16-31/h3-22,29-30,35-36,38-42,45-46H,23-28H2,1-2H3/t35-,36-,38-,39-,40+,41-,42-,45-,46+/m1/s1. The summed E-state index contributed by atoms with van der Waals surface area (Å²) in [5.74, 6) is -0.887. The molecule has 3 aliphatic heterocycles. The number of nitrogens with zero attached hydrogens (tertiary/aromatic N) is 4. The summed E-state index contributed by atoms with van der Waals surface area (Å²) in [5.41, 5.74) is 5.01. The highest BCUT2D eigenvalue weighted by molar-refractivity contribution is 6.33. The Bertz CT molecular complexity index is 2290. The second-order valence-electron chi connectivity index (χ2n) is 15.8. The van der Waals surface area contributed by atoms with Gasteiger partial charge in [0.05, 0.1) is 46.0 Å². The van der Waals surface area contributed by atoms with Crippen LogP contribution in [0.2, 0.25) is 5.15 Å². The summed E-state index contributed by atoms with van der Waals surface area (Å²) >= 11 is 6.38. The molecule has 0 unspecified atom stereocenters. The monoisotopic (exact) mass is 848 g/mol. The molecule has 318 valence electrons. The summed E-state index contributed by atoms with van der Waals surface area (Å²) in [6, 6.07) is 40.1. The van der Waals surface area contributed by atoms with Gasteiger partial charge in [-0.1, -0.05) is 133 Å². The van der Waals surface area contributed by atoms with Gasteiger partial charge in [-0.05, 0) is 36.1 Å². The predicted octanol–water partition coefficient (Wildman–Crippen LogP) is 7.61. The zero-order valence-electron chi connectivity index (χ0n) is 34.0. The first kappa shape index (κ1) is 41.7. The van der Waals surface area contributed by atoms with Gasteiger partial charge < -0.3 is 42.6 Å². The lowest BCUT2D eigenvalue weighted by Gasteiger charge is -2.46. The zero-order valence-corrected chi connectivity index (χ0v) is 34.7. The lowest BCUT2D eigenvalue weighted by Crippen LogP contribution is -2.62. The van der Waals surface area contributed by atoms with E-state index in [1.807, 2.05) is 135 Å². The van der Waals surface area contributed by atoms with E-state index in [2.05, 4.69) is 15.0 Å². The summed E-state index contributed by atoms with van der Waals surface area (Å²) in [6.45, 7) is 5.30. The largest absolute Gasteiger partial charge is 0.374 e. The maximum atomic E-state index is 6.94. The molecule has 0 amide bonds. The molecule has 61 heavy (non-hydrogen) atoms. The number of hydrogen-bond acceptors (Lipinski definition) is 12. The van der Waals surface area contributed by atoms with E-state index in [9.17, 15) is 0 Å². The Hall–Kier alpha value is -4.64. The van der Waals surface area contributed by atoms with Crippen LogP contribution in [0, 0.1) is 0 Å². The lowest BCUT2D eigenvalue weighted by molar-refractivity contribution is -0.332. The highest BCUT2D eigenvalue weighted by atomic mass is 35.5. The Morgan fingerprint density at radius 3 is 1.72 bits per heavy atom. The van der Waals surface area contributed by atoms with Crippen molar-refractivity contribution >= 4 is 22.8 Å². The van der Waals surface area contributed by atoms with Crippen molar-refractivity contribution in [3.63, 3.8) is 0 Å². The summed E-state index contributed by atoms with van der Waals surface area (Å²) < 4.78 is 62.2. The molecule has 3 saturated heterocycles. The van der Waals surface area contributed by atoms with Crippen LogP contribution < -0.4 is 0 Å². The van der Waals surface area contributed by atoms with Crippen molar-refractivity contribution in [1.82, 2.24) is 19.5 Å². The normalized spacial score (nSPS) is 27.0. The number of rotatable bonds is 17. The topological polar surface area (TPSA) is 127 Å². The molecule has 3 aliphatic rings. The van der Waals surface area contributed by atoms with Crippen molar-refractivity contribution in [2.24, 2.45) is 0 Å². The molecule has 2 aromatic heterocycles. The van der Waals surface area contributed by atoms with Crippen molar-refractivity contribution in [3.8, 4) is 0 Å². The number of halogens is 1. The van der Waals surface area contributed by atoms with Crippen LogP contribution in [-0.4, -0.2) is 87.5 Å². The Labute approximate surface area is 359 Å². The quantitative estimate of drug-likeness (QED) is 0.0839. The van der Waals surface area contributed by atoms with Gasteiger partial charge in [-0.3, -0.25) is 4.57 Å². The van der Waals surface area contributed by atoms with Crippen LogP contribution in [0.3, 0.4) is 0 Å². The van der Waals surface area contributed by atoms with Gasteiger partial charge in [0.1, 0.15) is 54.6 Å². The molecule has 0 radical (unpaired) electrons. The third-order valence-electron chi connectivity index (χ3n) is 11.0. The molecule has 9 atom stereocenters. The SMILES string of the molecule is CC1(C)O[C@@H]2[C@H](O1)[C@@H](CO[C@H]1O[C@H](COCc3ccccc3)[C@@H](OCc3ccccc3)[C@H](OCc3ccccc3)[C@H]1OCc1ccccc1)O[C@H]2n1cnc2c(Cl)ncnc21. The Kier molecular flexibility index (Phi) is 13.1. The summed E-state index contributed by atoms with van der Waals surface area (Å²) in [7, 11) is 0. The van der Waals surface area contributed by atoms with Crippen LogP contribution >= 0.6 is 11.6 Å². The van der Waals surface area contributed by atoms with E-state index in [1.54, 1.807) is 10.9 Å². The molecular weight excluding hydrogens is 800 g/mol. The van der Waals surface area contributed by atoms with Gasteiger partial charge >= 0.3 is 0 Å². The third kappa shape index (κ3) is 9.87. The van der Waals surface area contributed by atoms with Gasteiger partial charge in [0.2, 0.25) is 0 Å². The number of imidazole rings is 1. The Morgan fingerprint density at radius 2 is 1.11 bits per heavy atom. The molecule has 6 aromatic rings. The number of fused-ring (bicyclic) bond motifs is 2. The van der Waals surface area contributed by atoms with Crippen LogP contribution in [0.15, 0.2) is 134 Å². The van der Waals surface area contributed by atoms with Gasteiger partial charge in [0.25, 0.3) is 0 Å². The minimum absolute atomic E-state index is 0.0634. The van der Waals surface area contributed by atoms with Crippen LogP contribution in [0.1, 0.15) is 42.3 Å². The van der Waals surface area contributed by atoms with E-state index in [0.717, 1.165) is 22.3 Å². The molecule has 9 rings (SSSR count). The summed E-state index contributed by atoms with van der Waals surface area (Å²) in [6.07, 6.45) is -2.81. The Morgan fingerprint density at radius 1 is 0.574 bits per heavy atom. The number of hydrogen-bond donors (Lipinski definition) is 0. The first-order valence-corrected chi connectivity index (χ1v) is 21.0. The molecule has 0 saturated carbocycles. The van der Waals surface area contributed by atoms with Crippen LogP contribution in [0.4, 0.5) is 0 Å². The van der Waals surface area contributed by atoms with Gasteiger partial charge in [0, 0.05) is 0 Å². The molecule has 0 aliphatic carbocycles. The third-order valence-corrected chi connectivity index (χ3v) is 11.3. The molecule has 14 heteroatoms. The molecule has 3 fully saturated rings. The van der Waals surface area contributed by atoms with E-state index in [1.165, 1.54) is 6.33 Å². The van der Waals surface area contributed by atoms with Crippen molar-refractivity contribution < 1.29 is 42.6 Å². The smallest absolute Gasteiger partial charge is 0.187 e. The fourth-order valence-electron chi connectivity index (χ4n) is 8.10. The first-order valence-electron chi connectivity index (χ1n) is 20.6. The number of ether oxygens (including phenoxy) is 9. The zero-order chi connectivity index (χ0) is 41.6. The van der Waals surface area contributed by atoms with Crippen LogP contribution in [0.25, 0.3) is 11.2 Å². The molecule has 0 N–H and O–H groups in total. The molecule has 0 bridgehead atoms.